The number of nitrogens with zero attached hydrogens (tertiary/aromatic N) is 6. The number of carbonyl (C=O) groups is 1. The van der Waals surface area contributed by atoms with Crippen molar-refractivity contribution >= 4 is 11.5 Å². The van der Waals surface area contributed by atoms with Crippen molar-refractivity contribution in [1.29, 1.82) is 0 Å². The molecule has 1 fully saturated rings. The van der Waals surface area contributed by atoms with Gasteiger partial charge in [-0.05, 0) is 49.8 Å². The first-order chi connectivity index (χ1) is 14.9. The van der Waals surface area contributed by atoms with Crippen LogP contribution in [0.4, 0.5) is 8.78 Å². The lowest BCUT2D eigenvalue weighted by atomic mass is 10.00. The molecule has 2 atom stereocenters. The molecule has 0 bridgehead atoms. The second kappa shape index (κ2) is 7.33. The number of aryl methyl sites for hydroxylation is 2. The molecule has 2 aliphatic rings. The van der Waals surface area contributed by atoms with Gasteiger partial charge >= 0.3 is 0 Å². The van der Waals surface area contributed by atoms with Crippen molar-refractivity contribution < 1.29 is 13.6 Å². The van der Waals surface area contributed by atoms with Gasteiger partial charge in [-0.15, -0.1) is 4.80 Å². The summed E-state index contributed by atoms with van der Waals surface area (Å²) >= 11 is 0. The van der Waals surface area contributed by atoms with E-state index in [9.17, 15) is 13.6 Å². The summed E-state index contributed by atoms with van der Waals surface area (Å²) in [6, 6.07) is 4.40. The normalized spacial score (nSPS) is 20.1. The molecule has 1 aromatic carbocycles. The largest absolute Gasteiger partial charge is 0.338 e. The number of halogens is 2. The van der Waals surface area contributed by atoms with Crippen LogP contribution in [-0.2, 0) is 0 Å². The second-order valence-corrected chi connectivity index (χ2v) is 8.02. The molecule has 0 N–H and O–H groups in total. The van der Waals surface area contributed by atoms with Crippen molar-refractivity contribution in [1.82, 2.24) is 29.9 Å². The zero-order valence-corrected chi connectivity index (χ0v) is 17.1. The van der Waals surface area contributed by atoms with Crippen LogP contribution in [0, 0.1) is 37.3 Å². The molecular weight excluding hydrogens is 402 g/mol. The molecule has 1 aliphatic carbocycles. The van der Waals surface area contributed by atoms with Crippen LogP contribution in [0.15, 0.2) is 36.7 Å². The van der Waals surface area contributed by atoms with Gasteiger partial charge in [0.05, 0.1) is 29.3 Å². The fourth-order valence-corrected chi connectivity index (χ4v) is 4.48. The molecule has 0 spiro atoms. The molecule has 31 heavy (non-hydrogen) atoms. The van der Waals surface area contributed by atoms with Crippen LogP contribution in [0.3, 0.4) is 0 Å². The van der Waals surface area contributed by atoms with Gasteiger partial charge in [-0.3, -0.25) is 4.79 Å². The molecule has 158 valence electrons. The van der Waals surface area contributed by atoms with E-state index in [0.29, 0.717) is 30.3 Å². The summed E-state index contributed by atoms with van der Waals surface area (Å²) in [7, 11) is 0. The van der Waals surface area contributed by atoms with Gasteiger partial charge in [-0.1, -0.05) is 12.1 Å². The standard InChI is InChI=1S/C22H20F2N6O/c1-12-19(24)13(2)28-21(27-12)14-8-15-10-29(11-16(15)9-14)22(31)17-4-3-5-18(23)20(17)30-25-6-7-26-30/h3-8,15-16H,9-11H2,1-2H3. The van der Waals surface area contributed by atoms with E-state index < -0.39 is 5.82 Å². The molecular formula is C22H20F2N6O. The molecule has 1 amide bonds. The molecule has 0 saturated carbocycles. The summed E-state index contributed by atoms with van der Waals surface area (Å²) in [4.78, 5) is 24.7. The third kappa shape index (κ3) is 3.30. The van der Waals surface area contributed by atoms with Crippen molar-refractivity contribution in [2.24, 2.45) is 11.8 Å². The lowest BCUT2D eigenvalue weighted by Crippen LogP contribution is -2.30. The third-order valence-electron chi connectivity index (χ3n) is 5.98. The Labute approximate surface area is 177 Å². The van der Waals surface area contributed by atoms with Crippen molar-refractivity contribution in [2.45, 2.75) is 20.3 Å². The van der Waals surface area contributed by atoms with Crippen LogP contribution >= 0.6 is 0 Å². The maximum absolute atomic E-state index is 14.5. The molecule has 0 radical (unpaired) electrons. The Bertz CT molecular complexity index is 1180. The summed E-state index contributed by atoms with van der Waals surface area (Å²) in [6.07, 6.45) is 5.68. The smallest absolute Gasteiger partial charge is 0.256 e. The molecule has 7 nitrogen and oxygen atoms in total. The molecule has 2 aromatic heterocycles. The van der Waals surface area contributed by atoms with E-state index in [1.807, 2.05) is 0 Å². The van der Waals surface area contributed by atoms with E-state index in [1.54, 1.807) is 24.8 Å². The van der Waals surface area contributed by atoms with Crippen molar-refractivity contribution in [3.8, 4) is 5.69 Å². The summed E-state index contributed by atoms with van der Waals surface area (Å²) in [5.74, 6) is -0.234. The number of fused-ring (bicyclic) bond motifs is 1. The third-order valence-corrected chi connectivity index (χ3v) is 5.98. The average molecular weight is 422 g/mol. The summed E-state index contributed by atoms with van der Waals surface area (Å²) < 4.78 is 28.4. The number of hydrogen-bond acceptors (Lipinski definition) is 5. The highest BCUT2D eigenvalue weighted by Crippen LogP contribution is 2.41. The Hall–Kier alpha value is -3.49. The Kier molecular flexibility index (Phi) is 4.60. The van der Waals surface area contributed by atoms with Gasteiger partial charge in [0.15, 0.2) is 17.5 Å². The summed E-state index contributed by atoms with van der Waals surface area (Å²) in [5.41, 5.74) is 1.94. The molecule has 1 saturated heterocycles. The number of carbonyl (C=O) groups excluding carboxylic acids is 1. The first-order valence-electron chi connectivity index (χ1n) is 10.1. The van der Waals surface area contributed by atoms with Crippen LogP contribution in [-0.4, -0.2) is 48.9 Å². The minimum atomic E-state index is -0.553. The van der Waals surface area contributed by atoms with Gasteiger partial charge in [0.25, 0.3) is 5.91 Å². The predicted molar refractivity (Wildman–Crippen MR) is 108 cm³/mol. The first-order valence-corrected chi connectivity index (χ1v) is 10.1. The lowest BCUT2D eigenvalue weighted by Gasteiger charge is -2.19. The van der Waals surface area contributed by atoms with Crippen LogP contribution in [0.25, 0.3) is 11.3 Å². The number of amides is 1. The Morgan fingerprint density at radius 1 is 1.06 bits per heavy atom. The van der Waals surface area contributed by atoms with E-state index in [4.69, 9.17) is 0 Å². The number of allylic oxidation sites excluding steroid dienone is 1. The molecule has 3 heterocycles. The highest BCUT2D eigenvalue weighted by Gasteiger charge is 2.40. The van der Waals surface area contributed by atoms with Gasteiger partial charge in [-0.2, -0.15) is 10.2 Å². The first kappa shape index (κ1) is 19.5. The molecule has 2 unspecified atom stereocenters. The van der Waals surface area contributed by atoms with Crippen molar-refractivity contribution in [2.75, 3.05) is 13.1 Å². The highest BCUT2D eigenvalue weighted by atomic mass is 19.1. The summed E-state index contributed by atoms with van der Waals surface area (Å²) in [6.45, 7) is 4.34. The molecule has 5 rings (SSSR count). The van der Waals surface area contributed by atoms with E-state index in [-0.39, 0.29) is 34.8 Å². The Balaban J connectivity index is 1.39. The monoisotopic (exact) mass is 422 g/mol. The maximum Gasteiger partial charge on any atom is 0.256 e. The highest BCUT2D eigenvalue weighted by molar-refractivity contribution is 5.98. The number of likely N-dealkylation sites (tertiary alicyclic amines) is 1. The van der Waals surface area contributed by atoms with Gasteiger partial charge in [0.2, 0.25) is 0 Å². The minimum Gasteiger partial charge on any atom is -0.338 e. The van der Waals surface area contributed by atoms with Crippen LogP contribution in [0.5, 0.6) is 0 Å². The lowest BCUT2D eigenvalue weighted by molar-refractivity contribution is 0.0784. The number of aromatic nitrogens is 5. The van der Waals surface area contributed by atoms with E-state index in [2.05, 4.69) is 26.2 Å². The quantitative estimate of drug-likeness (QED) is 0.648. The molecule has 1 aliphatic heterocycles. The van der Waals surface area contributed by atoms with Crippen LogP contribution in [0.2, 0.25) is 0 Å². The second-order valence-electron chi connectivity index (χ2n) is 8.02. The van der Waals surface area contributed by atoms with E-state index in [0.717, 1.165) is 16.8 Å². The Morgan fingerprint density at radius 3 is 2.45 bits per heavy atom. The molecule has 3 aromatic rings. The number of hydrogen-bond donors (Lipinski definition) is 0. The van der Waals surface area contributed by atoms with E-state index in [1.165, 1.54) is 24.5 Å². The topological polar surface area (TPSA) is 76.8 Å². The van der Waals surface area contributed by atoms with Crippen LogP contribution in [0.1, 0.15) is 34.0 Å². The van der Waals surface area contributed by atoms with E-state index >= 15 is 0 Å². The van der Waals surface area contributed by atoms with Gasteiger partial charge < -0.3 is 4.90 Å². The zero-order chi connectivity index (χ0) is 21.7. The van der Waals surface area contributed by atoms with Gasteiger partial charge in [0, 0.05) is 13.1 Å². The van der Waals surface area contributed by atoms with Gasteiger partial charge in [-0.25, -0.2) is 18.7 Å². The van der Waals surface area contributed by atoms with Crippen LogP contribution < -0.4 is 0 Å². The zero-order valence-electron chi connectivity index (χ0n) is 17.1. The number of rotatable bonds is 3. The Morgan fingerprint density at radius 2 is 1.77 bits per heavy atom. The number of para-hydroxylation sites is 1. The average Bonchev–Trinajstić information content (AvgIpc) is 3.47. The predicted octanol–water partition coefficient (Wildman–Crippen LogP) is 3.13. The molecule has 9 heteroatoms. The van der Waals surface area contributed by atoms with Crippen molar-refractivity contribution in [3.63, 3.8) is 0 Å². The summed E-state index contributed by atoms with van der Waals surface area (Å²) in [5, 5.41) is 7.97. The fourth-order valence-electron chi connectivity index (χ4n) is 4.48. The maximum atomic E-state index is 14.5. The SMILES string of the molecule is Cc1nc(C2=CC3CN(C(=O)c4cccc(F)c4-n4nccn4)CC3C2)nc(C)c1F. The number of benzene rings is 1. The van der Waals surface area contributed by atoms with Gasteiger partial charge in [0.1, 0.15) is 5.69 Å². The van der Waals surface area contributed by atoms with Crippen molar-refractivity contribution in [3.05, 3.63) is 71.1 Å². The fraction of sp³-hybridized carbons (Fsp3) is 0.318. The minimum absolute atomic E-state index is 0.0523.